The van der Waals surface area contributed by atoms with Gasteiger partial charge in [0.15, 0.2) is 11.5 Å². The van der Waals surface area contributed by atoms with Crippen molar-refractivity contribution < 1.29 is 19.1 Å². The quantitative estimate of drug-likeness (QED) is 0.902. The number of amides is 2. The van der Waals surface area contributed by atoms with Gasteiger partial charge in [0.1, 0.15) is 13.2 Å². The molecule has 1 N–H and O–H groups in total. The van der Waals surface area contributed by atoms with Crippen LogP contribution < -0.4 is 14.8 Å². The standard InChI is InChI=1S/C20H26N2O4/c23-19(21-16-7-8-17-18(13-16)26-12-11-25-17)14-3-5-15(6-4-14)20(24)22-9-1-2-10-22/h7-8,13-15H,1-6,9-12H2,(H,21,23). The van der Waals surface area contributed by atoms with Gasteiger partial charge in [-0.1, -0.05) is 0 Å². The summed E-state index contributed by atoms with van der Waals surface area (Å²) >= 11 is 0. The monoisotopic (exact) mass is 358 g/mol. The summed E-state index contributed by atoms with van der Waals surface area (Å²) in [5.74, 6) is 1.81. The molecular weight excluding hydrogens is 332 g/mol. The number of fused-ring (bicyclic) bond motifs is 1. The molecule has 1 aromatic rings. The summed E-state index contributed by atoms with van der Waals surface area (Å²) in [6, 6.07) is 5.48. The summed E-state index contributed by atoms with van der Waals surface area (Å²) in [4.78, 5) is 27.1. The van der Waals surface area contributed by atoms with Gasteiger partial charge in [0.2, 0.25) is 11.8 Å². The van der Waals surface area contributed by atoms with Gasteiger partial charge in [-0.3, -0.25) is 9.59 Å². The van der Waals surface area contributed by atoms with E-state index in [4.69, 9.17) is 9.47 Å². The van der Waals surface area contributed by atoms with Crippen LogP contribution in [-0.2, 0) is 9.59 Å². The molecule has 0 spiro atoms. The fraction of sp³-hybridized carbons (Fsp3) is 0.600. The van der Waals surface area contributed by atoms with E-state index in [1.165, 1.54) is 0 Å². The van der Waals surface area contributed by atoms with E-state index in [2.05, 4.69) is 5.32 Å². The maximum atomic E-state index is 12.6. The Hall–Kier alpha value is -2.24. The highest BCUT2D eigenvalue weighted by molar-refractivity contribution is 5.93. The third-order valence-electron chi connectivity index (χ3n) is 5.67. The molecule has 0 aromatic heterocycles. The minimum atomic E-state index is -0.0224. The molecule has 0 radical (unpaired) electrons. The van der Waals surface area contributed by atoms with E-state index in [1.807, 2.05) is 23.1 Å². The highest BCUT2D eigenvalue weighted by atomic mass is 16.6. The largest absolute Gasteiger partial charge is 0.486 e. The Morgan fingerprint density at radius 3 is 2.31 bits per heavy atom. The number of hydrogen-bond donors (Lipinski definition) is 1. The van der Waals surface area contributed by atoms with Crippen molar-refractivity contribution in [3.63, 3.8) is 0 Å². The summed E-state index contributed by atoms with van der Waals surface area (Å²) in [7, 11) is 0. The van der Waals surface area contributed by atoms with Gasteiger partial charge >= 0.3 is 0 Å². The van der Waals surface area contributed by atoms with Crippen LogP contribution in [-0.4, -0.2) is 43.0 Å². The van der Waals surface area contributed by atoms with E-state index in [1.54, 1.807) is 0 Å². The van der Waals surface area contributed by atoms with Crippen molar-refractivity contribution in [2.45, 2.75) is 38.5 Å². The van der Waals surface area contributed by atoms with E-state index in [-0.39, 0.29) is 17.7 Å². The molecule has 140 valence electrons. The third kappa shape index (κ3) is 3.64. The summed E-state index contributed by atoms with van der Waals surface area (Å²) in [5, 5.41) is 2.99. The van der Waals surface area contributed by atoms with Crippen LogP contribution in [0.15, 0.2) is 18.2 Å². The van der Waals surface area contributed by atoms with E-state index < -0.39 is 0 Å². The van der Waals surface area contributed by atoms with Crippen molar-refractivity contribution in [1.29, 1.82) is 0 Å². The molecule has 4 rings (SSSR count). The van der Waals surface area contributed by atoms with Gasteiger partial charge in [-0.25, -0.2) is 0 Å². The van der Waals surface area contributed by atoms with Crippen LogP contribution in [0.1, 0.15) is 38.5 Å². The highest BCUT2D eigenvalue weighted by Gasteiger charge is 2.33. The molecule has 0 bridgehead atoms. The molecule has 1 aromatic carbocycles. The Balaban J connectivity index is 1.30. The number of nitrogens with zero attached hydrogens (tertiary/aromatic N) is 1. The first kappa shape index (κ1) is 17.2. The Kier molecular flexibility index (Phi) is 5.00. The molecule has 2 amide bonds. The maximum Gasteiger partial charge on any atom is 0.227 e. The van der Waals surface area contributed by atoms with Crippen LogP contribution in [0.2, 0.25) is 0 Å². The van der Waals surface area contributed by atoms with Crippen LogP contribution >= 0.6 is 0 Å². The predicted molar refractivity (Wildman–Crippen MR) is 97.3 cm³/mol. The number of rotatable bonds is 3. The number of carbonyl (C=O) groups excluding carboxylic acids is 2. The number of likely N-dealkylation sites (tertiary alicyclic amines) is 1. The number of ether oxygens (including phenoxy) is 2. The number of nitrogens with one attached hydrogen (secondary N) is 1. The number of hydrogen-bond acceptors (Lipinski definition) is 4. The molecule has 6 nitrogen and oxygen atoms in total. The Morgan fingerprint density at radius 1 is 0.923 bits per heavy atom. The lowest BCUT2D eigenvalue weighted by molar-refractivity contribution is -0.136. The Bertz CT molecular complexity index is 676. The number of carbonyl (C=O) groups is 2. The van der Waals surface area contributed by atoms with Crippen LogP contribution in [0.5, 0.6) is 11.5 Å². The Morgan fingerprint density at radius 2 is 1.58 bits per heavy atom. The molecule has 2 aliphatic heterocycles. The first-order valence-electron chi connectivity index (χ1n) is 9.70. The van der Waals surface area contributed by atoms with Crippen LogP contribution in [0.3, 0.4) is 0 Å². The first-order chi connectivity index (χ1) is 12.7. The third-order valence-corrected chi connectivity index (χ3v) is 5.67. The van der Waals surface area contributed by atoms with E-state index in [0.29, 0.717) is 24.9 Å². The summed E-state index contributed by atoms with van der Waals surface area (Å²) in [6.45, 7) is 2.89. The number of anilines is 1. The molecule has 2 heterocycles. The SMILES string of the molecule is O=C(Nc1ccc2c(c1)OCCO2)C1CCC(C(=O)N2CCCC2)CC1. The molecule has 1 aliphatic carbocycles. The zero-order valence-corrected chi connectivity index (χ0v) is 15.0. The van der Waals surface area contributed by atoms with Gasteiger partial charge in [-0.15, -0.1) is 0 Å². The van der Waals surface area contributed by atoms with E-state index >= 15 is 0 Å². The smallest absolute Gasteiger partial charge is 0.227 e. The van der Waals surface area contributed by atoms with Crippen molar-refractivity contribution in [2.24, 2.45) is 11.8 Å². The van der Waals surface area contributed by atoms with Crippen LogP contribution in [0.4, 0.5) is 5.69 Å². The van der Waals surface area contributed by atoms with Gasteiger partial charge in [0.05, 0.1) is 0 Å². The van der Waals surface area contributed by atoms with Gasteiger partial charge in [0, 0.05) is 36.7 Å². The van der Waals surface area contributed by atoms with E-state index in [9.17, 15) is 9.59 Å². The van der Waals surface area contributed by atoms with Crippen LogP contribution in [0, 0.1) is 11.8 Å². The van der Waals surface area contributed by atoms with Crippen molar-refractivity contribution >= 4 is 17.5 Å². The zero-order chi connectivity index (χ0) is 17.9. The molecular formula is C20H26N2O4. The van der Waals surface area contributed by atoms with Gasteiger partial charge < -0.3 is 19.7 Å². The van der Waals surface area contributed by atoms with Gasteiger partial charge in [-0.05, 0) is 50.7 Å². The van der Waals surface area contributed by atoms with Gasteiger partial charge in [-0.2, -0.15) is 0 Å². The second-order valence-electron chi connectivity index (χ2n) is 7.43. The lowest BCUT2D eigenvalue weighted by Crippen LogP contribution is -2.37. The second-order valence-corrected chi connectivity index (χ2v) is 7.43. The van der Waals surface area contributed by atoms with Crippen molar-refractivity contribution in [3.05, 3.63) is 18.2 Å². The first-order valence-corrected chi connectivity index (χ1v) is 9.70. The lowest BCUT2D eigenvalue weighted by Gasteiger charge is -2.30. The van der Waals surface area contributed by atoms with Crippen LogP contribution in [0.25, 0.3) is 0 Å². The summed E-state index contributed by atoms with van der Waals surface area (Å²) < 4.78 is 11.1. The molecule has 1 saturated heterocycles. The zero-order valence-electron chi connectivity index (χ0n) is 15.0. The normalized spacial score (nSPS) is 25.0. The summed E-state index contributed by atoms with van der Waals surface area (Å²) in [5.41, 5.74) is 0.731. The fourth-order valence-electron chi connectivity index (χ4n) is 4.16. The summed E-state index contributed by atoms with van der Waals surface area (Å²) in [6.07, 6.45) is 5.43. The molecule has 0 atom stereocenters. The molecule has 3 aliphatic rings. The van der Waals surface area contributed by atoms with Crippen molar-refractivity contribution in [2.75, 3.05) is 31.6 Å². The second kappa shape index (κ2) is 7.56. The number of benzene rings is 1. The molecule has 26 heavy (non-hydrogen) atoms. The van der Waals surface area contributed by atoms with Crippen molar-refractivity contribution in [3.8, 4) is 11.5 Å². The molecule has 6 heteroatoms. The Labute approximate surface area is 153 Å². The minimum Gasteiger partial charge on any atom is -0.486 e. The molecule has 0 unspecified atom stereocenters. The maximum absolute atomic E-state index is 12.6. The van der Waals surface area contributed by atoms with E-state index in [0.717, 1.165) is 63.1 Å². The van der Waals surface area contributed by atoms with Gasteiger partial charge in [0.25, 0.3) is 0 Å². The average molecular weight is 358 g/mol. The predicted octanol–water partition coefficient (Wildman–Crippen LogP) is 2.83. The average Bonchev–Trinajstić information content (AvgIpc) is 3.22. The molecule has 2 fully saturated rings. The fourth-order valence-corrected chi connectivity index (χ4v) is 4.16. The molecule has 1 saturated carbocycles. The van der Waals surface area contributed by atoms with Crippen molar-refractivity contribution in [1.82, 2.24) is 4.90 Å². The topological polar surface area (TPSA) is 67.9 Å². The lowest BCUT2D eigenvalue weighted by atomic mass is 9.81. The highest BCUT2D eigenvalue weighted by Crippen LogP contribution is 2.34. The minimum absolute atomic E-state index is 0.0224.